The maximum atomic E-state index is 12.9. The maximum Gasteiger partial charge on any atom is 0.258 e. The van der Waals surface area contributed by atoms with Crippen molar-refractivity contribution in [2.75, 3.05) is 12.4 Å². The Hall–Kier alpha value is -3.28. The molecule has 3 aromatic heterocycles. The second kappa shape index (κ2) is 6.41. The van der Waals surface area contributed by atoms with Gasteiger partial charge < -0.3 is 15.0 Å². The van der Waals surface area contributed by atoms with Gasteiger partial charge in [-0.2, -0.15) is 0 Å². The first-order valence-electron chi connectivity index (χ1n) is 9.23. The van der Waals surface area contributed by atoms with Gasteiger partial charge in [-0.25, -0.2) is 4.98 Å². The van der Waals surface area contributed by atoms with Crippen LogP contribution in [0.15, 0.2) is 47.4 Å². The number of pyridine rings is 2. The number of hydrogen-bond acceptors (Lipinski definition) is 4. The standard InChI is InChI=1S/C22H24N4O2/c1-13-8-9-26-18(10-13)24-19(20(26)25-22(2,3)4)16-11-14-6-7-15(28-5)12-17(14)23-21(16)27/h6-12,25H,1-5H3,(H,23,27). The lowest BCUT2D eigenvalue weighted by Gasteiger charge is -2.22. The lowest BCUT2D eigenvalue weighted by Crippen LogP contribution is -2.27. The van der Waals surface area contributed by atoms with Crippen LogP contribution >= 0.6 is 0 Å². The summed E-state index contributed by atoms with van der Waals surface area (Å²) in [4.78, 5) is 20.7. The monoisotopic (exact) mass is 376 g/mol. The maximum absolute atomic E-state index is 12.9. The molecule has 0 saturated heterocycles. The van der Waals surface area contributed by atoms with Gasteiger partial charge in [0.15, 0.2) is 0 Å². The number of imidazole rings is 1. The van der Waals surface area contributed by atoms with E-state index in [1.165, 1.54) is 0 Å². The van der Waals surface area contributed by atoms with Crippen LogP contribution in [0, 0.1) is 6.92 Å². The third kappa shape index (κ3) is 3.22. The molecule has 2 N–H and O–H groups in total. The first-order valence-corrected chi connectivity index (χ1v) is 9.23. The molecule has 0 aliphatic rings. The van der Waals surface area contributed by atoms with E-state index in [1.54, 1.807) is 7.11 Å². The lowest BCUT2D eigenvalue weighted by molar-refractivity contribution is 0.415. The van der Waals surface area contributed by atoms with Crippen molar-refractivity contribution in [3.63, 3.8) is 0 Å². The fraction of sp³-hybridized carbons (Fsp3) is 0.273. The Labute approximate surface area is 163 Å². The predicted octanol–water partition coefficient (Wildman–Crippen LogP) is 4.37. The molecule has 0 bridgehead atoms. The first kappa shape index (κ1) is 18.1. The van der Waals surface area contributed by atoms with Crippen LogP contribution in [0.2, 0.25) is 0 Å². The van der Waals surface area contributed by atoms with Gasteiger partial charge in [0.2, 0.25) is 0 Å². The summed E-state index contributed by atoms with van der Waals surface area (Å²) in [6.07, 6.45) is 1.98. The van der Waals surface area contributed by atoms with Gasteiger partial charge in [-0.05, 0) is 69.0 Å². The number of hydrogen-bond donors (Lipinski definition) is 2. The number of H-pyrrole nitrogens is 1. The van der Waals surface area contributed by atoms with E-state index in [-0.39, 0.29) is 11.1 Å². The van der Waals surface area contributed by atoms with Gasteiger partial charge in [0.1, 0.15) is 22.9 Å². The van der Waals surface area contributed by atoms with Crippen molar-refractivity contribution in [3.05, 3.63) is 58.5 Å². The average Bonchev–Trinajstić information content (AvgIpc) is 2.96. The Kier molecular flexibility index (Phi) is 4.14. The zero-order valence-electron chi connectivity index (χ0n) is 16.8. The Morgan fingerprint density at radius 1 is 1.14 bits per heavy atom. The Morgan fingerprint density at radius 3 is 2.64 bits per heavy atom. The molecule has 0 saturated carbocycles. The highest BCUT2D eigenvalue weighted by molar-refractivity contribution is 5.87. The van der Waals surface area contributed by atoms with E-state index < -0.39 is 0 Å². The minimum Gasteiger partial charge on any atom is -0.497 e. The van der Waals surface area contributed by atoms with Gasteiger partial charge in [-0.1, -0.05) is 0 Å². The molecule has 0 atom stereocenters. The molecule has 1 aromatic carbocycles. The number of methoxy groups -OCH3 is 1. The zero-order valence-corrected chi connectivity index (χ0v) is 16.8. The highest BCUT2D eigenvalue weighted by Crippen LogP contribution is 2.31. The van der Waals surface area contributed by atoms with Crippen LogP contribution in [0.3, 0.4) is 0 Å². The Balaban J connectivity index is 1.98. The molecule has 6 heteroatoms. The van der Waals surface area contributed by atoms with Gasteiger partial charge in [-0.3, -0.25) is 9.20 Å². The molecule has 0 aliphatic carbocycles. The molecular formula is C22H24N4O2. The lowest BCUT2D eigenvalue weighted by atomic mass is 10.1. The number of aromatic amines is 1. The van der Waals surface area contributed by atoms with Gasteiger partial charge >= 0.3 is 0 Å². The van der Waals surface area contributed by atoms with Crippen LogP contribution in [0.4, 0.5) is 5.82 Å². The molecule has 0 fully saturated rings. The molecule has 0 unspecified atom stereocenters. The Morgan fingerprint density at radius 2 is 1.93 bits per heavy atom. The summed E-state index contributed by atoms with van der Waals surface area (Å²) in [6.45, 7) is 8.28. The molecule has 28 heavy (non-hydrogen) atoms. The van der Waals surface area contributed by atoms with E-state index >= 15 is 0 Å². The number of anilines is 1. The van der Waals surface area contributed by atoms with Crippen LogP contribution in [0.5, 0.6) is 5.75 Å². The smallest absolute Gasteiger partial charge is 0.258 e. The number of ether oxygens (including phenoxy) is 1. The van der Waals surface area contributed by atoms with Crippen LogP contribution in [0.25, 0.3) is 27.8 Å². The molecular weight excluding hydrogens is 352 g/mol. The molecule has 0 aliphatic heterocycles. The third-order valence-electron chi connectivity index (χ3n) is 4.58. The highest BCUT2D eigenvalue weighted by Gasteiger charge is 2.21. The number of aryl methyl sites for hydroxylation is 1. The van der Waals surface area contributed by atoms with Crippen LogP contribution in [-0.2, 0) is 0 Å². The van der Waals surface area contributed by atoms with Crippen molar-refractivity contribution >= 4 is 22.4 Å². The summed E-state index contributed by atoms with van der Waals surface area (Å²) >= 11 is 0. The van der Waals surface area contributed by atoms with E-state index in [9.17, 15) is 4.79 Å². The number of nitrogens with one attached hydrogen (secondary N) is 2. The van der Waals surface area contributed by atoms with E-state index in [2.05, 4.69) is 31.1 Å². The SMILES string of the molecule is COc1ccc2cc(-c3nc4cc(C)ccn4c3NC(C)(C)C)c(=O)[nH]c2c1. The second-order valence-corrected chi connectivity index (χ2v) is 8.08. The molecule has 0 amide bonds. The molecule has 144 valence electrons. The van der Waals surface area contributed by atoms with E-state index in [0.717, 1.165) is 27.9 Å². The molecule has 4 aromatic rings. The number of rotatable bonds is 3. The van der Waals surface area contributed by atoms with E-state index in [4.69, 9.17) is 9.72 Å². The zero-order chi connectivity index (χ0) is 20.1. The summed E-state index contributed by atoms with van der Waals surface area (Å²) in [5.41, 5.74) is 3.45. The first-order chi connectivity index (χ1) is 13.2. The van der Waals surface area contributed by atoms with Crippen LogP contribution < -0.4 is 15.6 Å². The fourth-order valence-electron chi connectivity index (χ4n) is 3.29. The summed E-state index contributed by atoms with van der Waals surface area (Å²) in [6, 6.07) is 11.6. The topological polar surface area (TPSA) is 71.4 Å². The predicted molar refractivity (Wildman–Crippen MR) is 113 cm³/mol. The number of benzene rings is 1. The molecule has 3 heterocycles. The summed E-state index contributed by atoms with van der Waals surface area (Å²) in [5.74, 6) is 1.51. The molecule has 4 rings (SSSR count). The van der Waals surface area contributed by atoms with Crippen molar-refractivity contribution in [3.8, 4) is 17.0 Å². The number of aromatic nitrogens is 3. The molecule has 0 spiro atoms. The highest BCUT2D eigenvalue weighted by atomic mass is 16.5. The summed E-state index contributed by atoms with van der Waals surface area (Å²) in [5, 5.41) is 4.43. The van der Waals surface area contributed by atoms with Crippen LogP contribution in [-0.4, -0.2) is 27.0 Å². The van der Waals surface area contributed by atoms with Crippen molar-refractivity contribution in [2.24, 2.45) is 0 Å². The summed E-state index contributed by atoms with van der Waals surface area (Å²) in [7, 11) is 1.61. The molecule has 6 nitrogen and oxygen atoms in total. The number of fused-ring (bicyclic) bond motifs is 2. The summed E-state index contributed by atoms with van der Waals surface area (Å²) < 4.78 is 7.25. The minimum absolute atomic E-state index is 0.183. The van der Waals surface area contributed by atoms with E-state index in [0.29, 0.717) is 17.0 Å². The van der Waals surface area contributed by atoms with E-state index in [1.807, 2.05) is 53.9 Å². The minimum atomic E-state index is -0.188. The van der Waals surface area contributed by atoms with Crippen molar-refractivity contribution < 1.29 is 4.74 Å². The van der Waals surface area contributed by atoms with Gasteiger partial charge in [0, 0.05) is 17.8 Å². The van der Waals surface area contributed by atoms with Crippen LogP contribution in [0.1, 0.15) is 26.3 Å². The van der Waals surface area contributed by atoms with Gasteiger partial charge in [-0.15, -0.1) is 0 Å². The quantitative estimate of drug-likeness (QED) is 0.557. The van der Waals surface area contributed by atoms with Crippen molar-refractivity contribution in [1.29, 1.82) is 0 Å². The van der Waals surface area contributed by atoms with Crippen molar-refractivity contribution in [2.45, 2.75) is 33.2 Å². The number of nitrogens with zero attached hydrogens (tertiary/aromatic N) is 2. The average molecular weight is 376 g/mol. The Bertz CT molecular complexity index is 1250. The molecule has 0 radical (unpaired) electrons. The fourth-order valence-corrected chi connectivity index (χ4v) is 3.29. The van der Waals surface area contributed by atoms with Crippen molar-refractivity contribution in [1.82, 2.24) is 14.4 Å². The second-order valence-electron chi connectivity index (χ2n) is 8.08. The van der Waals surface area contributed by atoms with Gasteiger partial charge in [0.25, 0.3) is 5.56 Å². The van der Waals surface area contributed by atoms with Gasteiger partial charge in [0.05, 0.1) is 18.2 Å². The normalized spacial score (nSPS) is 11.9. The largest absolute Gasteiger partial charge is 0.497 e. The third-order valence-corrected chi connectivity index (χ3v) is 4.58.